The lowest BCUT2D eigenvalue weighted by molar-refractivity contribution is -0.115. The Morgan fingerprint density at radius 3 is 2.64 bits per heavy atom. The van der Waals surface area contributed by atoms with Crippen molar-refractivity contribution >= 4 is 33.0 Å². The number of anilines is 1. The number of benzene rings is 1. The van der Waals surface area contributed by atoms with Crippen molar-refractivity contribution in [1.82, 2.24) is 0 Å². The van der Waals surface area contributed by atoms with Crippen molar-refractivity contribution < 1.29 is 18.3 Å². The molecule has 0 aromatic heterocycles. The van der Waals surface area contributed by atoms with E-state index in [9.17, 15) is 18.3 Å². The van der Waals surface area contributed by atoms with Crippen molar-refractivity contribution in [1.29, 1.82) is 0 Å². The molecule has 0 heterocycles. The fraction of sp³-hybridized carbons (Fsp3) is 0.533. The molecule has 0 bridgehead atoms. The van der Waals surface area contributed by atoms with E-state index in [0.717, 1.165) is 12.8 Å². The Bertz CT molecular complexity index is 666. The molecule has 1 fully saturated rings. The Kier molecular flexibility index (Phi) is 5.34. The SMILES string of the molecule is Cc1cc(Cl)cc(NC(=O)CCS(=O)(=O)C2CCCC2)c1O. The molecule has 0 saturated heterocycles. The number of aryl methyl sites for hydroxylation is 1. The number of halogens is 1. The number of sulfone groups is 1. The normalized spacial score (nSPS) is 15.9. The number of carbonyl (C=O) groups excluding carboxylic acids is 1. The van der Waals surface area contributed by atoms with Crippen LogP contribution in [0.1, 0.15) is 37.7 Å². The molecule has 122 valence electrons. The first-order valence-corrected chi connectivity index (χ1v) is 9.39. The second-order valence-corrected chi connectivity index (χ2v) is 8.53. The van der Waals surface area contributed by atoms with E-state index in [1.807, 2.05) is 0 Å². The highest BCUT2D eigenvalue weighted by molar-refractivity contribution is 7.92. The van der Waals surface area contributed by atoms with Gasteiger partial charge in [-0.1, -0.05) is 24.4 Å². The maximum atomic E-state index is 12.1. The lowest BCUT2D eigenvalue weighted by atomic mass is 10.2. The first-order chi connectivity index (χ1) is 10.3. The third-order valence-corrected chi connectivity index (χ3v) is 6.44. The molecule has 7 heteroatoms. The molecular formula is C15H20ClNO4S. The predicted octanol–water partition coefficient (Wildman–Crippen LogP) is 3.04. The van der Waals surface area contributed by atoms with Crippen molar-refractivity contribution in [2.45, 2.75) is 44.3 Å². The average molecular weight is 346 g/mol. The lowest BCUT2D eigenvalue weighted by Gasteiger charge is -2.12. The number of amides is 1. The average Bonchev–Trinajstić information content (AvgIpc) is 2.97. The number of hydrogen-bond donors (Lipinski definition) is 2. The van der Waals surface area contributed by atoms with Gasteiger partial charge in [-0.05, 0) is 37.5 Å². The van der Waals surface area contributed by atoms with Crippen LogP contribution in [0.25, 0.3) is 0 Å². The minimum absolute atomic E-state index is 0.0589. The van der Waals surface area contributed by atoms with Crippen molar-refractivity contribution in [3.8, 4) is 5.75 Å². The van der Waals surface area contributed by atoms with Gasteiger partial charge in [-0.25, -0.2) is 8.42 Å². The van der Waals surface area contributed by atoms with E-state index < -0.39 is 15.7 Å². The Morgan fingerprint density at radius 2 is 2.00 bits per heavy atom. The van der Waals surface area contributed by atoms with E-state index in [1.165, 1.54) is 6.07 Å². The van der Waals surface area contributed by atoms with E-state index in [1.54, 1.807) is 13.0 Å². The Labute approximate surface area is 135 Å². The quantitative estimate of drug-likeness (QED) is 0.803. The minimum atomic E-state index is -3.22. The molecule has 0 atom stereocenters. The maximum absolute atomic E-state index is 12.1. The summed E-state index contributed by atoms with van der Waals surface area (Å²) < 4.78 is 24.2. The largest absolute Gasteiger partial charge is 0.505 e. The molecule has 2 N–H and O–H groups in total. The van der Waals surface area contributed by atoms with E-state index in [0.29, 0.717) is 23.4 Å². The summed E-state index contributed by atoms with van der Waals surface area (Å²) in [4.78, 5) is 11.9. The topological polar surface area (TPSA) is 83.5 Å². The van der Waals surface area contributed by atoms with Gasteiger partial charge in [0, 0.05) is 11.4 Å². The van der Waals surface area contributed by atoms with Gasteiger partial charge in [0.1, 0.15) is 5.75 Å². The third-order valence-electron chi connectivity index (χ3n) is 3.96. The number of phenolic OH excluding ortho intramolecular Hbond substituents is 1. The number of carbonyl (C=O) groups is 1. The molecule has 0 spiro atoms. The monoisotopic (exact) mass is 345 g/mol. The summed E-state index contributed by atoms with van der Waals surface area (Å²) in [5.74, 6) is -0.668. The van der Waals surface area contributed by atoms with Gasteiger partial charge in [0.25, 0.3) is 0 Å². The van der Waals surface area contributed by atoms with Gasteiger partial charge in [0.2, 0.25) is 5.91 Å². The second kappa shape index (κ2) is 6.87. The van der Waals surface area contributed by atoms with Crippen LogP contribution in [0.5, 0.6) is 5.75 Å². The van der Waals surface area contributed by atoms with E-state index >= 15 is 0 Å². The van der Waals surface area contributed by atoms with Crippen LogP contribution in [0.3, 0.4) is 0 Å². The zero-order chi connectivity index (χ0) is 16.3. The highest BCUT2D eigenvalue weighted by Gasteiger charge is 2.28. The Balaban J connectivity index is 1.96. The standard InChI is InChI=1S/C15H20ClNO4S/c1-10-8-11(16)9-13(15(10)19)17-14(18)6-7-22(20,21)12-4-2-3-5-12/h8-9,12,19H,2-7H2,1H3,(H,17,18). The third kappa shape index (κ3) is 4.14. The number of hydrogen-bond acceptors (Lipinski definition) is 4. The lowest BCUT2D eigenvalue weighted by Crippen LogP contribution is -2.24. The molecule has 1 amide bonds. The van der Waals surface area contributed by atoms with Crippen LogP contribution < -0.4 is 5.32 Å². The molecule has 1 aromatic rings. The van der Waals surface area contributed by atoms with Crippen molar-refractivity contribution in [3.63, 3.8) is 0 Å². The summed E-state index contributed by atoms with van der Waals surface area (Å²) in [6, 6.07) is 3.02. The first-order valence-electron chi connectivity index (χ1n) is 7.30. The summed E-state index contributed by atoms with van der Waals surface area (Å²) >= 11 is 5.88. The van der Waals surface area contributed by atoms with E-state index in [-0.39, 0.29) is 28.9 Å². The second-order valence-electron chi connectivity index (χ2n) is 5.69. The molecule has 0 radical (unpaired) electrons. The number of rotatable bonds is 5. The summed E-state index contributed by atoms with van der Waals surface area (Å²) in [6.45, 7) is 1.67. The van der Waals surface area contributed by atoms with E-state index in [4.69, 9.17) is 11.6 Å². The summed E-state index contributed by atoms with van der Waals surface area (Å²) in [5, 5.41) is 12.5. The fourth-order valence-corrected chi connectivity index (χ4v) is 4.82. The minimum Gasteiger partial charge on any atom is -0.505 e. The van der Waals surface area contributed by atoms with E-state index in [2.05, 4.69) is 5.32 Å². The van der Waals surface area contributed by atoms with Gasteiger partial charge in [0.15, 0.2) is 9.84 Å². The predicted molar refractivity (Wildman–Crippen MR) is 87.1 cm³/mol. The number of nitrogens with one attached hydrogen (secondary N) is 1. The highest BCUT2D eigenvalue weighted by atomic mass is 35.5. The molecule has 22 heavy (non-hydrogen) atoms. The van der Waals surface area contributed by atoms with Crippen molar-refractivity contribution in [3.05, 3.63) is 22.7 Å². The fourth-order valence-electron chi connectivity index (χ4n) is 2.69. The van der Waals surface area contributed by atoms with Crippen LogP contribution in [0, 0.1) is 6.92 Å². The molecule has 1 aliphatic rings. The molecule has 1 aliphatic carbocycles. The summed E-state index contributed by atoms with van der Waals surface area (Å²) in [7, 11) is -3.22. The maximum Gasteiger partial charge on any atom is 0.225 e. The van der Waals surface area contributed by atoms with Crippen LogP contribution >= 0.6 is 11.6 Å². The molecule has 2 rings (SSSR count). The van der Waals surface area contributed by atoms with Gasteiger partial charge >= 0.3 is 0 Å². The van der Waals surface area contributed by atoms with Crippen LogP contribution in [0.2, 0.25) is 5.02 Å². The molecule has 1 saturated carbocycles. The van der Waals surface area contributed by atoms with Gasteiger partial charge in [0.05, 0.1) is 16.7 Å². The zero-order valence-electron chi connectivity index (χ0n) is 12.4. The van der Waals surface area contributed by atoms with Crippen molar-refractivity contribution in [2.75, 3.05) is 11.1 Å². The number of aromatic hydroxyl groups is 1. The van der Waals surface area contributed by atoms with Crippen molar-refractivity contribution in [2.24, 2.45) is 0 Å². The molecule has 1 aromatic carbocycles. The number of phenols is 1. The highest BCUT2D eigenvalue weighted by Crippen LogP contribution is 2.31. The van der Waals surface area contributed by atoms with Crippen LogP contribution in [0.15, 0.2) is 12.1 Å². The van der Waals surface area contributed by atoms with Crippen LogP contribution in [-0.2, 0) is 14.6 Å². The van der Waals surface area contributed by atoms with Gasteiger partial charge < -0.3 is 10.4 Å². The Hall–Kier alpha value is -1.27. The Morgan fingerprint density at radius 1 is 1.36 bits per heavy atom. The first kappa shape index (κ1) is 17.1. The molecule has 5 nitrogen and oxygen atoms in total. The van der Waals surface area contributed by atoms with Gasteiger partial charge in [-0.2, -0.15) is 0 Å². The molecule has 0 unspecified atom stereocenters. The molecule has 0 aliphatic heterocycles. The summed E-state index contributed by atoms with van der Waals surface area (Å²) in [5.41, 5.74) is 0.745. The molecular weight excluding hydrogens is 326 g/mol. The van der Waals surface area contributed by atoms with Crippen LogP contribution in [-0.4, -0.2) is 30.4 Å². The van der Waals surface area contributed by atoms with Crippen LogP contribution in [0.4, 0.5) is 5.69 Å². The zero-order valence-corrected chi connectivity index (χ0v) is 14.0. The smallest absolute Gasteiger partial charge is 0.225 e. The van der Waals surface area contributed by atoms with Gasteiger partial charge in [-0.15, -0.1) is 0 Å². The summed E-state index contributed by atoms with van der Waals surface area (Å²) in [6.07, 6.45) is 3.14. The van der Waals surface area contributed by atoms with Gasteiger partial charge in [-0.3, -0.25) is 4.79 Å².